The largest absolute Gasteiger partial charge is 0.478 e. The van der Waals surface area contributed by atoms with Crippen LogP contribution in [0.2, 0.25) is 0 Å². The number of dihydropyridines is 1. The van der Waals surface area contributed by atoms with Gasteiger partial charge in [0.1, 0.15) is 18.3 Å². The van der Waals surface area contributed by atoms with E-state index in [1.54, 1.807) is 12.3 Å². The molecule has 0 aromatic rings. The van der Waals surface area contributed by atoms with Crippen LogP contribution < -0.4 is 5.32 Å². The summed E-state index contributed by atoms with van der Waals surface area (Å²) in [5.41, 5.74) is 0.400. The highest BCUT2D eigenvalue weighted by Crippen LogP contribution is 2.18. The number of rotatable bonds is 2. The molecule has 0 aliphatic carbocycles. The van der Waals surface area contributed by atoms with Gasteiger partial charge in [-0.15, -0.1) is 0 Å². The van der Waals surface area contributed by atoms with Crippen molar-refractivity contribution in [1.29, 1.82) is 0 Å². The number of hydrogen-bond acceptors (Lipinski definition) is 7. The summed E-state index contributed by atoms with van der Waals surface area (Å²) in [5, 5.41) is 46.0. The van der Waals surface area contributed by atoms with E-state index < -0.39 is 37.2 Å². The van der Waals surface area contributed by atoms with Crippen LogP contribution in [-0.4, -0.2) is 62.7 Å². The molecule has 0 amide bonds. The number of aliphatic hydroxyl groups is 4. The SMILES string of the molecule is O=C(O)C1=CNC=CC1.OC[C@H]1OC(O)[C@H](O)[C@@H]1O. The zero-order valence-electron chi connectivity index (χ0n) is 10.0. The number of carboxylic acid groups (broad SMARTS) is 1. The molecule has 8 heteroatoms. The summed E-state index contributed by atoms with van der Waals surface area (Å²) < 4.78 is 4.54. The van der Waals surface area contributed by atoms with Gasteiger partial charge in [0, 0.05) is 12.6 Å². The van der Waals surface area contributed by atoms with Gasteiger partial charge in [-0.05, 0) is 6.20 Å². The van der Waals surface area contributed by atoms with Crippen molar-refractivity contribution in [2.75, 3.05) is 6.61 Å². The van der Waals surface area contributed by atoms with Gasteiger partial charge in [0.15, 0.2) is 6.29 Å². The number of aliphatic carboxylic acids is 1. The second-order valence-corrected chi connectivity index (χ2v) is 3.98. The Balaban J connectivity index is 0.000000191. The molecule has 0 spiro atoms. The van der Waals surface area contributed by atoms with Crippen LogP contribution in [0.3, 0.4) is 0 Å². The quantitative estimate of drug-likeness (QED) is 0.336. The van der Waals surface area contributed by atoms with Crippen molar-refractivity contribution in [3.63, 3.8) is 0 Å². The van der Waals surface area contributed by atoms with Gasteiger partial charge in [-0.25, -0.2) is 4.79 Å². The van der Waals surface area contributed by atoms with Crippen molar-refractivity contribution < 1.29 is 35.1 Å². The topological polar surface area (TPSA) is 139 Å². The average molecular weight is 275 g/mol. The molecule has 2 aliphatic rings. The first kappa shape index (κ1) is 15.6. The lowest BCUT2D eigenvalue weighted by atomic mass is 10.1. The van der Waals surface area contributed by atoms with E-state index in [-0.39, 0.29) is 0 Å². The number of hydrogen-bond donors (Lipinski definition) is 6. The van der Waals surface area contributed by atoms with Crippen LogP contribution in [0, 0.1) is 0 Å². The Morgan fingerprint density at radius 3 is 2.32 bits per heavy atom. The first-order valence-electron chi connectivity index (χ1n) is 5.61. The number of ether oxygens (including phenoxy) is 1. The summed E-state index contributed by atoms with van der Waals surface area (Å²) in [6.45, 7) is -0.407. The third-order valence-corrected chi connectivity index (χ3v) is 2.60. The lowest BCUT2D eigenvalue weighted by Gasteiger charge is -2.09. The molecule has 0 aromatic carbocycles. The van der Waals surface area contributed by atoms with Crippen LogP contribution in [0.25, 0.3) is 0 Å². The predicted octanol–water partition coefficient (Wildman–Crippen LogP) is -2.12. The molecule has 4 atom stereocenters. The fourth-order valence-corrected chi connectivity index (χ4v) is 1.49. The van der Waals surface area contributed by atoms with Crippen LogP contribution in [0.5, 0.6) is 0 Å². The van der Waals surface area contributed by atoms with Gasteiger partial charge < -0.3 is 35.6 Å². The average Bonchev–Trinajstić information content (AvgIpc) is 2.67. The monoisotopic (exact) mass is 275 g/mol. The normalized spacial score (nSPS) is 32.9. The molecule has 0 aromatic heterocycles. The van der Waals surface area contributed by atoms with Gasteiger partial charge in [-0.1, -0.05) is 6.08 Å². The second kappa shape index (κ2) is 7.22. The van der Waals surface area contributed by atoms with Gasteiger partial charge in [-0.2, -0.15) is 0 Å². The van der Waals surface area contributed by atoms with Crippen molar-refractivity contribution in [2.45, 2.75) is 31.0 Å². The number of nitrogens with one attached hydrogen (secondary N) is 1. The third kappa shape index (κ3) is 4.30. The maximum Gasteiger partial charge on any atom is 0.333 e. The molecule has 19 heavy (non-hydrogen) atoms. The van der Waals surface area contributed by atoms with Gasteiger partial charge >= 0.3 is 5.97 Å². The minimum atomic E-state index is -1.38. The third-order valence-electron chi connectivity index (χ3n) is 2.60. The predicted molar refractivity (Wildman–Crippen MR) is 62.6 cm³/mol. The van der Waals surface area contributed by atoms with Crippen LogP contribution in [0.15, 0.2) is 24.0 Å². The molecule has 108 valence electrons. The molecule has 1 saturated heterocycles. The maximum absolute atomic E-state index is 10.2. The molecule has 0 saturated carbocycles. The van der Waals surface area contributed by atoms with E-state index >= 15 is 0 Å². The first-order valence-corrected chi connectivity index (χ1v) is 5.61. The van der Waals surface area contributed by atoms with Gasteiger partial charge in [0.2, 0.25) is 0 Å². The van der Waals surface area contributed by atoms with Crippen LogP contribution in [-0.2, 0) is 9.53 Å². The molecule has 6 N–H and O–H groups in total. The molecular weight excluding hydrogens is 258 g/mol. The van der Waals surface area contributed by atoms with E-state index in [1.807, 2.05) is 0 Å². The molecule has 2 aliphatic heterocycles. The standard InChI is InChI=1S/C6H7NO2.C5H10O5/c8-6(9)5-2-1-3-7-4-5;6-1-2-3(7)4(8)5(9)10-2/h1,3-4,7H,2H2,(H,8,9);2-9H,1H2/t;2-,3-,4-,5?/m.1/s1. The molecular formula is C11H17NO7. The summed E-state index contributed by atoms with van der Waals surface area (Å²) in [6.07, 6.45) is 0.731. The fraction of sp³-hybridized carbons (Fsp3) is 0.545. The fourth-order valence-electron chi connectivity index (χ4n) is 1.49. The smallest absolute Gasteiger partial charge is 0.333 e. The summed E-state index contributed by atoms with van der Waals surface area (Å²) in [4.78, 5) is 10.2. The summed E-state index contributed by atoms with van der Waals surface area (Å²) in [5.74, 6) is -0.855. The van der Waals surface area contributed by atoms with Crippen molar-refractivity contribution in [3.8, 4) is 0 Å². The Labute approximate surface area is 109 Å². The van der Waals surface area contributed by atoms with Gasteiger partial charge in [0.05, 0.1) is 12.2 Å². The molecule has 0 radical (unpaired) electrons. The van der Waals surface area contributed by atoms with Crippen molar-refractivity contribution >= 4 is 5.97 Å². The van der Waals surface area contributed by atoms with Crippen LogP contribution >= 0.6 is 0 Å². The number of carboxylic acids is 1. The summed E-state index contributed by atoms with van der Waals surface area (Å²) in [7, 11) is 0. The Bertz CT molecular complexity index is 368. The molecule has 2 rings (SSSR count). The highest BCUT2D eigenvalue weighted by atomic mass is 16.6. The zero-order chi connectivity index (χ0) is 14.4. The van der Waals surface area contributed by atoms with E-state index in [2.05, 4.69) is 10.1 Å². The molecule has 2 heterocycles. The van der Waals surface area contributed by atoms with Gasteiger partial charge in [-0.3, -0.25) is 0 Å². The van der Waals surface area contributed by atoms with Crippen molar-refractivity contribution in [2.24, 2.45) is 0 Å². The summed E-state index contributed by atoms with van der Waals surface area (Å²) in [6, 6.07) is 0. The maximum atomic E-state index is 10.2. The molecule has 1 unspecified atom stereocenters. The number of aliphatic hydroxyl groups excluding tert-OH is 4. The highest BCUT2D eigenvalue weighted by Gasteiger charge is 2.41. The zero-order valence-corrected chi connectivity index (χ0v) is 10.0. The van der Waals surface area contributed by atoms with Crippen LogP contribution in [0.4, 0.5) is 0 Å². The van der Waals surface area contributed by atoms with E-state index in [1.165, 1.54) is 6.20 Å². The minimum Gasteiger partial charge on any atom is -0.478 e. The highest BCUT2D eigenvalue weighted by molar-refractivity contribution is 5.86. The number of carbonyl (C=O) groups is 1. The molecule has 8 nitrogen and oxygen atoms in total. The lowest BCUT2D eigenvalue weighted by molar-refractivity contribution is -0.133. The number of allylic oxidation sites excluding steroid dienone is 1. The van der Waals surface area contributed by atoms with E-state index in [4.69, 9.17) is 25.5 Å². The Hall–Kier alpha value is -1.45. The van der Waals surface area contributed by atoms with E-state index in [0.29, 0.717) is 12.0 Å². The van der Waals surface area contributed by atoms with Gasteiger partial charge in [0.25, 0.3) is 0 Å². The van der Waals surface area contributed by atoms with E-state index in [9.17, 15) is 4.79 Å². The minimum absolute atomic E-state index is 0.400. The Morgan fingerprint density at radius 1 is 1.37 bits per heavy atom. The van der Waals surface area contributed by atoms with Crippen molar-refractivity contribution in [3.05, 3.63) is 24.0 Å². The Morgan fingerprint density at radius 2 is 2.05 bits per heavy atom. The molecule has 0 bridgehead atoms. The van der Waals surface area contributed by atoms with Crippen LogP contribution in [0.1, 0.15) is 6.42 Å². The Kier molecular flexibility index (Phi) is 5.93. The molecule has 1 fully saturated rings. The first-order chi connectivity index (χ1) is 8.97. The second-order valence-electron chi connectivity index (χ2n) is 3.98. The lowest BCUT2D eigenvalue weighted by Crippen LogP contribution is -2.33. The van der Waals surface area contributed by atoms with Crippen molar-refractivity contribution in [1.82, 2.24) is 5.32 Å². The summed E-state index contributed by atoms with van der Waals surface area (Å²) >= 11 is 0. The van der Waals surface area contributed by atoms with E-state index in [0.717, 1.165) is 0 Å².